The Bertz CT molecular complexity index is 729. The summed E-state index contributed by atoms with van der Waals surface area (Å²) in [5.74, 6) is 0.947. The summed E-state index contributed by atoms with van der Waals surface area (Å²) in [5.41, 5.74) is 0.613. The molecule has 1 saturated heterocycles. The molecular formula is C20H22ClNO4. The van der Waals surface area contributed by atoms with Crippen molar-refractivity contribution in [3.8, 4) is 11.5 Å². The number of hydrogen-bond acceptors (Lipinski definition) is 4. The fourth-order valence-electron chi connectivity index (χ4n) is 2.66. The lowest BCUT2D eigenvalue weighted by Crippen LogP contribution is -2.30. The van der Waals surface area contributed by atoms with E-state index in [2.05, 4.69) is 5.32 Å². The number of anilines is 1. The van der Waals surface area contributed by atoms with Crippen molar-refractivity contribution in [2.75, 3.05) is 18.5 Å². The molecular weight excluding hydrogens is 354 g/mol. The first kappa shape index (κ1) is 18.5. The van der Waals surface area contributed by atoms with Crippen molar-refractivity contribution in [3.05, 3.63) is 53.6 Å². The number of carbonyl (C=O) groups is 1. The second kappa shape index (κ2) is 8.92. The van der Waals surface area contributed by atoms with E-state index in [9.17, 15) is 4.79 Å². The van der Waals surface area contributed by atoms with E-state index in [0.29, 0.717) is 28.8 Å². The summed E-state index contributed by atoms with van der Waals surface area (Å²) in [6.45, 7) is 2.95. The number of rotatable bonds is 7. The number of halogens is 1. The van der Waals surface area contributed by atoms with Crippen LogP contribution in [0.2, 0.25) is 5.02 Å². The van der Waals surface area contributed by atoms with Gasteiger partial charge in [-0.25, -0.2) is 0 Å². The Morgan fingerprint density at radius 3 is 2.77 bits per heavy atom. The molecule has 6 heteroatoms. The maximum absolute atomic E-state index is 12.5. The fourth-order valence-corrected chi connectivity index (χ4v) is 2.79. The first-order valence-corrected chi connectivity index (χ1v) is 9.06. The van der Waals surface area contributed by atoms with E-state index in [1.54, 1.807) is 37.3 Å². The molecule has 0 radical (unpaired) electrons. The van der Waals surface area contributed by atoms with Gasteiger partial charge in [-0.2, -0.15) is 0 Å². The van der Waals surface area contributed by atoms with Gasteiger partial charge < -0.3 is 19.5 Å². The molecule has 1 aliphatic rings. The highest BCUT2D eigenvalue weighted by molar-refractivity contribution is 6.30. The van der Waals surface area contributed by atoms with E-state index in [1.807, 2.05) is 18.2 Å². The predicted octanol–water partition coefficient (Wildman–Crippen LogP) is 4.30. The van der Waals surface area contributed by atoms with Crippen LogP contribution in [-0.4, -0.2) is 31.3 Å². The van der Waals surface area contributed by atoms with Crippen LogP contribution in [0.25, 0.3) is 0 Å². The minimum absolute atomic E-state index is 0.117. The number of para-hydroxylation sites is 2. The van der Waals surface area contributed by atoms with Crippen molar-refractivity contribution >= 4 is 23.2 Å². The van der Waals surface area contributed by atoms with Gasteiger partial charge in [-0.15, -0.1) is 0 Å². The maximum atomic E-state index is 12.5. The minimum Gasteiger partial charge on any atom is -0.489 e. The van der Waals surface area contributed by atoms with Gasteiger partial charge in [0.05, 0.1) is 11.8 Å². The molecule has 1 aliphatic heterocycles. The summed E-state index contributed by atoms with van der Waals surface area (Å²) in [6.07, 6.45) is 1.51. The molecule has 26 heavy (non-hydrogen) atoms. The van der Waals surface area contributed by atoms with Crippen molar-refractivity contribution in [2.45, 2.75) is 32.0 Å². The SMILES string of the molecule is CC(Oc1ccc(Cl)cc1)C(=O)Nc1ccccc1OCC1CCCO1. The molecule has 2 aromatic rings. The van der Waals surface area contributed by atoms with Crippen molar-refractivity contribution in [1.82, 2.24) is 0 Å². The van der Waals surface area contributed by atoms with Gasteiger partial charge in [-0.05, 0) is 56.2 Å². The highest BCUT2D eigenvalue weighted by Crippen LogP contribution is 2.25. The summed E-state index contributed by atoms with van der Waals surface area (Å²) in [6, 6.07) is 14.2. The Morgan fingerprint density at radius 1 is 1.27 bits per heavy atom. The van der Waals surface area contributed by atoms with Crippen molar-refractivity contribution in [2.24, 2.45) is 0 Å². The lowest BCUT2D eigenvalue weighted by Gasteiger charge is -2.18. The van der Waals surface area contributed by atoms with Gasteiger partial charge >= 0.3 is 0 Å². The topological polar surface area (TPSA) is 56.8 Å². The smallest absolute Gasteiger partial charge is 0.265 e. The standard InChI is InChI=1S/C20H22ClNO4/c1-14(26-16-10-8-15(21)9-11-16)20(23)22-18-6-2-3-7-19(18)25-13-17-5-4-12-24-17/h2-3,6-11,14,17H,4-5,12-13H2,1H3,(H,22,23). The molecule has 1 N–H and O–H groups in total. The number of hydrogen-bond donors (Lipinski definition) is 1. The number of amides is 1. The summed E-state index contributed by atoms with van der Waals surface area (Å²) in [5, 5.41) is 3.48. The van der Waals surface area contributed by atoms with Crippen molar-refractivity contribution in [3.63, 3.8) is 0 Å². The molecule has 1 amide bonds. The maximum Gasteiger partial charge on any atom is 0.265 e. The third kappa shape index (κ3) is 5.13. The zero-order valence-corrected chi connectivity index (χ0v) is 15.4. The number of carbonyl (C=O) groups excluding carboxylic acids is 1. The molecule has 0 spiro atoms. The van der Waals surface area contributed by atoms with E-state index in [1.165, 1.54) is 0 Å². The molecule has 0 aromatic heterocycles. The van der Waals surface area contributed by atoms with Crippen LogP contribution < -0.4 is 14.8 Å². The first-order chi connectivity index (χ1) is 12.6. The molecule has 1 heterocycles. The Labute approximate surface area is 158 Å². The summed E-state index contributed by atoms with van der Waals surface area (Å²) in [4.78, 5) is 12.5. The average Bonchev–Trinajstić information content (AvgIpc) is 3.16. The van der Waals surface area contributed by atoms with Crippen LogP contribution in [0.1, 0.15) is 19.8 Å². The molecule has 2 unspecified atom stereocenters. The van der Waals surface area contributed by atoms with Crippen LogP contribution in [0.4, 0.5) is 5.69 Å². The van der Waals surface area contributed by atoms with Crippen LogP contribution in [-0.2, 0) is 9.53 Å². The molecule has 1 fully saturated rings. The third-order valence-corrected chi connectivity index (χ3v) is 4.34. The quantitative estimate of drug-likeness (QED) is 0.783. The van der Waals surface area contributed by atoms with Gasteiger partial charge in [0.25, 0.3) is 5.91 Å². The fraction of sp³-hybridized carbons (Fsp3) is 0.350. The molecule has 0 aliphatic carbocycles. The lowest BCUT2D eigenvalue weighted by atomic mass is 10.2. The summed E-state index contributed by atoms with van der Waals surface area (Å²) < 4.78 is 17.1. The van der Waals surface area contributed by atoms with Crippen molar-refractivity contribution < 1.29 is 19.0 Å². The molecule has 0 bridgehead atoms. The Balaban J connectivity index is 1.58. The van der Waals surface area contributed by atoms with Crippen LogP contribution in [0.5, 0.6) is 11.5 Å². The van der Waals surface area contributed by atoms with E-state index < -0.39 is 6.10 Å². The predicted molar refractivity (Wildman–Crippen MR) is 101 cm³/mol. The van der Waals surface area contributed by atoms with Gasteiger partial charge in [0, 0.05) is 11.6 Å². The molecule has 138 valence electrons. The van der Waals surface area contributed by atoms with Gasteiger partial charge in [-0.1, -0.05) is 23.7 Å². The average molecular weight is 376 g/mol. The molecule has 0 saturated carbocycles. The Morgan fingerprint density at radius 2 is 2.04 bits per heavy atom. The second-order valence-electron chi connectivity index (χ2n) is 6.15. The molecule has 2 atom stereocenters. The highest BCUT2D eigenvalue weighted by atomic mass is 35.5. The number of ether oxygens (including phenoxy) is 3. The van der Waals surface area contributed by atoms with Crippen LogP contribution >= 0.6 is 11.6 Å². The van der Waals surface area contributed by atoms with E-state index in [-0.39, 0.29) is 12.0 Å². The largest absolute Gasteiger partial charge is 0.489 e. The van der Waals surface area contributed by atoms with E-state index in [0.717, 1.165) is 19.4 Å². The first-order valence-electron chi connectivity index (χ1n) is 8.68. The number of nitrogens with one attached hydrogen (secondary N) is 1. The monoisotopic (exact) mass is 375 g/mol. The van der Waals surface area contributed by atoms with Crippen LogP contribution in [0.15, 0.2) is 48.5 Å². The van der Waals surface area contributed by atoms with Crippen molar-refractivity contribution in [1.29, 1.82) is 0 Å². The van der Waals surface area contributed by atoms with Gasteiger partial charge in [0.15, 0.2) is 6.10 Å². The third-order valence-electron chi connectivity index (χ3n) is 4.09. The van der Waals surface area contributed by atoms with Gasteiger partial charge in [0.1, 0.15) is 18.1 Å². The normalized spacial score (nSPS) is 17.5. The zero-order chi connectivity index (χ0) is 18.4. The highest BCUT2D eigenvalue weighted by Gasteiger charge is 2.19. The van der Waals surface area contributed by atoms with E-state index in [4.69, 9.17) is 25.8 Å². The van der Waals surface area contributed by atoms with Crippen LogP contribution in [0.3, 0.4) is 0 Å². The lowest BCUT2D eigenvalue weighted by molar-refractivity contribution is -0.122. The van der Waals surface area contributed by atoms with Gasteiger partial charge in [-0.3, -0.25) is 4.79 Å². The van der Waals surface area contributed by atoms with Crippen LogP contribution in [0, 0.1) is 0 Å². The van der Waals surface area contributed by atoms with E-state index >= 15 is 0 Å². The molecule has 5 nitrogen and oxygen atoms in total. The summed E-state index contributed by atoms with van der Waals surface area (Å²) >= 11 is 5.85. The Hall–Kier alpha value is -2.24. The minimum atomic E-state index is -0.664. The molecule has 3 rings (SSSR count). The Kier molecular flexibility index (Phi) is 6.36. The zero-order valence-electron chi connectivity index (χ0n) is 14.6. The summed E-state index contributed by atoms with van der Waals surface area (Å²) in [7, 11) is 0. The van der Waals surface area contributed by atoms with Gasteiger partial charge in [0.2, 0.25) is 0 Å². The second-order valence-corrected chi connectivity index (χ2v) is 6.58. The number of benzene rings is 2. The molecule has 2 aromatic carbocycles.